The standard InChI is InChI=1S/C3H4N2O2/c4-1-2(6-1)5-3(4)7-5/h1-4H. The lowest BCUT2D eigenvalue weighted by atomic mass is 10.7. The SMILES string of the molecule is N1C2OC2N2OC12. The molecule has 0 aromatic heterocycles. The molecule has 3 aliphatic heterocycles. The van der Waals surface area contributed by atoms with Gasteiger partial charge in [0.15, 0.2) is 12.5 Å². The molecule has 4 atom stereocenters. The zero-order valence-corrected chi connectivity index (χ0v) is 3.50. The molecule has 3 rings (SSSR count). The van der Waals surface area contributed by atoms with Crippen molar-refractivity contribution in [3.63, 3.8) is 0 Å². The molecule has 0 radical (unpaired) electrons. The maximum Gasteiger partial charge on any atom is 0.212 e. The predicted octanol–water partition coefficient (Wildman–Crippen LogP) is -1.20. The van der Waals surface area contributed by atoms with Crippen molar-refractivity contribution in [2.45, 2.75) is 18.8 Å². The highest BCUT2D eigenvalue weighted by Gasteiger charge is 2.65. The Labute approximate surface area is 39.9 Å². The van der Waals surface area contributed by atoms with E-state index in [2.05, 4.69) is 5.32 Å². The van der Waals surface area contributed by atoms with Gasteiger partial charge >= 0.3 is 0 Å². The fourth-order valence-electron chi connectivity index (χ4n) is 0.946. The smallest absolute Gasteiger partial charge is 0.212 e. The molecule has 0 spiro atoms. The van der Waals surface area contributed by atoms with Gasteiger partial charge in [0, 0.05) is 0 Å². The number of hydroxylamine groups is 2. The van der Waals surface area contributed by atoms with Gasteiger partial charge in [-0.3, -0.25) is 4.84 Å². The molecule has 0 amide bonds. The van der Waals surface area contributed by atoms with Crippen molar-refractivity contribution in [2.75, 3.05) is 0 Å². The van der Waals surface area contributed by atoms with Crippen LogP contribution in [0.3, 0.4) is 0 Å². The Kier molecular flexibility index (Phi) is 0.265. The summed E-state index contributed by atoms with van der Waals surface area (Å²) in [4.78, 5) is 4.90. The summed E-state index contributed by atoms with van der Waals surface area (Å²) in [6.07, 6.45) is 0.743. The molecule has 0 aromatic rings. The Balaban J connectivity index is 2.02. The van der Waals surface area contributed by atoms with Gasteiger partial charge in [-0.05, 0) is 0 Å². The van der Waals surface area contributed by atoms with E-state index in [9.17, 15) is 0 Å². The third-order valence-corrected chi connectivity index (χ3v) is 1.43. The molecule has 4 unspecified atom stereocenters. The van der Waals surface area contributed by atoms with Crippen LogP contribution < -0.4 is 5.32 Å². The van der Waals surface area contributed by atoms with Crippen LogP contribution in [-0.2, 0) is 9.57 Å². The minimum atomic E-state index is 0.198. The molecular formula is C3H4N2O2. The molecule has 1 N–H and O–H groups in total. The van der Waals surface area contributed by atoms with Crippen LogP contribution in [0.25, 0.3) is 0 Å². The summed E-state index contributed by atoms with van der Waals surface area (Å²) in [6, 6.07) is 0. The molecule has 0 aliphatic carbocycles. The second-order valence-electron chi connectivity index (χ2n) is 1.93. The Hall–Kier alpha value is -0.160. The van der Waals surface area contributed by atoms with Crippen molar-refractivity contribution in [3.05, 3.63) is 0 Å². The molecule has 4 nitrogen and oxygen atoms in total. The summed E-state index contributed by atoms with van der Waals surface area (Å²) < 4.78 is 5.00. The van der Waals surface area contributed by atoms with Gasteiger partial charge in [-0.1, -0.05) is 0 Å². The number of nitrogens with zero attached hydrogens (tertiary/aromatic N) is 1. The first kappa shape index (κ1) is 2.99. The predicted molar refractivity (Wildman–Crippen MR) is 18.5 cm³/mol. The first-order chi connectivity index (χ1) is 3.45. The summed E-state index contributed by atoms with van der Waals surface area (Å²) in [6.45, 7) is 0. The first-order valence-electron chi connectivity index (χ1n) is 2.32. The molecule has 3 aliphatic rings. The fourth-order valence-corrected chi connectivity index (χ4v) is 0.946. The average molecular weight is 100 g/mol. The third-order valence-electron chi connectivity index (χ3n) is 1.43. The van der Waals surface area contributed by atoms with Crippen LogP contribution >= 0.6 is 0 Å². The van der Waals surface area contributed by atoms with E-state index >= 15 is 0 Å². The van der Waals surface area contributed by atoms with Crippen LogP contribution in [-0.4, -0.2) is 23.9 Å². The van der Waals surface area contributed by atoms with E-state index in [0.717, 1.165) is 0 Å². The second-order valence-corrected chi connectivity index (χ2v) is 1.93. The zero-order valence-electron chi connectivity index (χ0n) is 3.50. The number of rotatable bonds is 0. The summed E-state index contributed by atoms with van der Waals surface area (Å²) in [5.41, 5.74) is 0. The quantitative estimate of drug-likeness (QED) is 0.388. The Morgan fingerprint density at radius 2 is 2.57 bits per heavy atom. The van der Waals surface area contributed by atoms with Gasteiger partial charge < -0.3 is 4.74 Å². The number of epoxide rings is 1. The van der Waals surface area contributed by atoms with Gasteiger partial charge in [-0.2, -0.15) is 0 Å². The zero-order chi connectivity index (χ0) is 4.43. The van der Waals surface area contributed by atoms with Crippen molar-refractivity contribution in [2.24, 2.45) is 0 Å². The molecule has 3 heterocycles. The van der Waals surface area contributed by atoms with Gasteiger partial charge in [0.2, 0.25) is 6.35 Å². The highest BCUT2D eigenvalue weighted by Crippen LogP contribution is 2.41. The van der Waals surface area contributed by atoms with Crippen molar-refractivity contribution in [1.82, 2.24) is 10.4 Å². The Morgan fingerprint density at radius 1 is 1.57 bits per heavy atom. The second kappa shape index (κ2) is 0.621. The Bertz CT molecular complexity index is 114. The van der Waals surface area contributed by atoms with Crippen LogP contribution in [0.1, 0.15) is 0 Å². The van der Waals surface area contributed by atoms with E-state index < -0.39 is 0 Å². The van der Waals surface area contributed by atoms with Crippen LogP contribution in [0.2, 0.25) is 0 Å². The molecule has 4 heteroatoms. The van der Waals surface area contributed by atoms with E-state index in [4.69, 9.17) is 9.57 Å². The molecule has 0 aromatic carbocycles. The number of hydrogen-bond donors (Lipinski definition) is 1. The largest absolute Gasteiger partial charge is 0.334 e. The van der Waals surface area contributed by atoms with Crippen LogP contribution in [0.4, 0.5) is 0 Å². The minimum absolute atomic E-state index is 0.198. The summed E-state index contributed by atoms with van der Waals surface area (Å²) in [5.74, 6) is 0. The summed E-state index contributed by atoms with van der Waals surface area (Å²) >= 11 is 0. The number of nitrogens with one attached hydrogen (secondary N) is 1. The monoisotopic (exact) mass is 100 g/mol. The van der Waals surface area contributed by atoms with E-state index in [1.54, 1.807) is 0 Å². The lowest BCUT2D eigenvalue weighted by molar-refractivity contribution is 0.136. The molecule has 0 saturated carbocycles. The third kappa shape index (κ3) is 0.219. The average Bonchev–Trinajstić information content (AvgIpc) is 2.47. The number of fused-ring (bicyclic) bond motifs is 3. The molecule has 0 bridgehead atoms. The Morgan fingerprint density at radius 3 is 3.00 bits per heavy atom. The lowest BCUT2D eigenvalue weighted by Gasteiger charge is -1.81. The summed E-state index contributed by atoms with van der Waals surface area (Å²) in [7, 11) is 0. The molecule has 7 heavy (non-hydrogen) atoms. The number of ether oxygens (including phenoxy) is 1. The van der Waals surface area contributed by atoms with E-state index in [-0.39, 0.29) is 12.6 Å². The van der Waals surface area contributed by atoms with Gasteiger partial charge in [0.25, 0.3) is 0 Å². The van der Waals surface area contributed by atoms with E-state index in [0.29, 0.717) is 6.23 Å². The normalized spacial score (nSPS) is 72.0. The van der Waals surface area contributed by atoms with Crippen molar-refractivity contribution in [3.8, 4) is 0 Å². The molecule has 3 saturated heterocycles. The maximum atomic E-state index is 5.00. The van der Waals surface area contributed by atoms with Crippen molar-refractivity contribution >= 4 is 0 Å². The lowest BCUT2D eigenvalue weighted by Crippen LogP contribution is -2.17. The van der Waals surface area contributed by atoms with Crippen molar-refractivity contribution < 1.29 is 9.57 Å². The van der Waals surface area contributed by atoms with Gasteiger partial charge in [0.05, 0.1) is 0 Å². The van der Waals surface area contributed by atoms with Crippen molar-refractivity contribution in [1.29, 1.82) is 0 Å². The molecule has 38 valence electrons. The van der Waals surface area contributed by atoms with E-state index in [1.165, 1.54) is 0 Å². The van der Waals surface area contributed by atoms with Crippen LogP contribution in [0.5, 0.6) is 0 Å². The highest BCUT2D eigenvalue weighted by molar-refractivity contribution is 4.93. The van der Waals surface area contributed by atoms with Gasteiger partial charge in [-0.25, -0.2) is 5.32 Å². The van der Waals surface area contributed by atoms with Crippen LogP contribution in [0, 0.1) is 0 Å². The summed E-state index contributed by atoms with van der Waals surface area (Å²) in [5, 5.41) is 4.86. The highest BCUT2D eigenvalue weighted by atomic mass is 16.9. The number of hydrogen-bond acceptors (Lipinski definition) is 4. The first-order valence-corrected chi connectivity index (χ1v) is 2.32. The topological polar surface area (TPSA) is 40.1 Å². The van der Waals surface area contributed by atoms with E-state index in [1.807, 2.05) is 5.06 Å². The fraction of sp³-hybridized carbons (Fsp3) is 1.00. The van der Waals surface area contributed by atoms with Gasteiger partial charge in [0.1, 0.15) is 0 Å². The van der Waals surface area contributed by atoms with Gasteiger partial charge in [-0.15, -0.1) is 5.06 Å². The molecular weight excluding hydrogens is 96.0 g/mol. The minimum Gasteiger partial charge on any atom is -0.334 e. The van der Waals surface area contributed by atoms with Crippen LogP contribution in [0.15, 0.2) is 0 Å². The molecule has 3 fully saturated rings. The maximum absolute atomic E-state index is 5.00.